The number of piperidine rings is 1. The molecule has 0 aromatic heterocycles. The number of nitrogens with one attached hydrogen (secondary N) is 1. The van der Waals surface area contributed by atoms with E-state index in [0.29, 0.717) is 26.4 Å². The summed E-state index contributed by atoms with van der Waals surface area (Å²) in [6, 6.07) is 8.55. The van der Waals surface area contributed by atoms with Crippen LogP contribution < -0.4 is 5.32 Å². The lowest BCUT2D eigenvalue weighted by Crippen LogP contribution is -2.42. The number of hydrogen-bond donors (Lipinski definition) is 1. The zero-order chi connectivity index (χ0) is 17.6. The van der Waals surface area contributed by atoms with Crippen LogP contribution in [0, 0.1) is 11.8 Å². The van der Waals surface area contributed by atoms with E-state index < -0.39 is 6.10 Å². The molecule has 138 valence electrons. The Hall–Kier alpha value is -1.43. The van der Waals surface area contributed by atoms with E-state index in [0.717, 1.165) is 23.9 Å². The fraction of sp³-hybridized carbons (Fsp3) is 0.650. The molecule has 5 heteroatoms. The molecule has 1 amide bonds. The van der Waals surface area contributed by atoms with Crippen molar-refractivity contribution in [1.29, 1.82) is 0 Å². The maximum absolute atomic E-state index is 12.0. The summed E-state index contributed by atoms with van der Waals surface area (Å²) in [5.41, 5.74) is 2.44. The molecule has 25 heavy (non-hydrogen) atoms. The molecule has 2 fully saturated rings. The standard InChI is InChI=1S/C20H30N2O3/c1-15-9-16(2)12-22(11-15)13-18-5-3-17(4-6-18)10-21-20(23)19-14-24-7-8-25-19/h3-6,15-16,19H,7-14H2,1-2H3,(H,21,23)/t15-,16+,19-/m0/s1. The molecule has 0 spiro atoms. The molecule has 1 N–H and O–H groups in total. The topological polar surface area (TPSA) is 50.8 Å². The van der Waals surface area contributed by atoms with Crippen LogP contribution in [-0.2, 0) is 27.4 Å². The summed E-state index contributed by atoms with van der Waals surface area (Å²) in [7, 11) is 0. The quantitative estimate of drug-likeness (QED) is 0.888. The fourth-order valence-corrected chi connectivity index (χ4v) is 3.88. The molecule has 0 bridgehead atoms. The Kier molecular flexibility index (Phi) is 6.45. The van der Waals surface area contributed by atoms with Crippen LogP contribution in [0.1, 0.15) is 31.4 Å². The Morgan fingerprint density at radius 1 is 1.12 bits per heavy atom. The van der Waals surface area contributed by atoms with E-state index in [4.69, 9.17) is 9.47 Å². The van der Waals surface area contributed by atoms with Crippen molar-refractivity contribution in [2.24, 2.45) is 11.8 Å². The molecule has 1 aromatic carbocycles. The van der Waals surface area contributed by atoms with Gasteiger partial charge in [-0.2, -0.15) is 0 Å². The van der Waals surface area contributed by atoms with Gasteiger partial charge in [-0.05, 0) is 29.4 Å². The highest BCUT2D eigenvalue weighted by Crippen LogP contribution is 2.22. The van der Waals surface area contributed by atoms with Crippen molar-refractivity contribution in [2.45, 2.75) is 39.5 Å². The molecule has 0 radical (unpaired) electrons. The van der Waals surface area contributed by atoms with Crippen LogP contribution in [0.2, 0.25) is 0 Å². The normalized spacial score (nSPS) is 27.8. The monoisotopic (exact) mass is 346 g/mol. The second-order valence-corrected chi connectivity index (χ2v) is 7.61. The number of nitrogens with zero attached hydrogens (tertiary/aromatic N) is 1. The summed E-state index contributed by atoms with van der Waals surface area (Å²) in [6.45, 7) is 9.99. The third-order valence-corrected chi connectivity index (χ3v) is 4.95. The van der Waals surface area contributed by atoms with Gasteiger partial charge in [-0.25, -0.2) is 0 Å². The molecular formula is C20H30N2O3. The number of hydrogen-bond acceptors (Lipinski definition) is 4. The summed E-state index contributed by atoms with van der Waals surface area (Å²) < 4.78 is 10.7. The van der Waals surface area contributed by atoms with Crippen molar-refractivity contribution >= 4 is 5.91 Å². The van der Waals surface area contributed by atoms with Crippen LogP contribution in [0.15, 0.2) is 24.3 Å². The maximum atomic E-state index is 12.0. The number of likely N-dealkylation sites (tertiary alicyclic amines) is 1. The first-order valence-electron chi connectivity index (χ1n) is 9.37. The van der Waals surface area contributed by atoms with Gasteiger partial charge in [0, 0.05) is 26.2 Å². The SMILES string of the molecule is C[C@@H]1C[C@H](C)CN(Cc2ccc(CNC(=O)[C@@H]3COCCO3)cc2)C1. The summed E-state index contributed by atoms with van der Waals surface area (Å²) in [4.78, 5) is 14.6. The number of amides is 1. The molecule has 2 saturated heterocycles. The van der Waals surface area contributed by atoms with Crippen LogP contribution in [0.4, 0.5) is 0 Å². The van der Waals surface area contributed by atoms with E-state index in [2.05, 4.69) is 48.3 Å². The second-order valence-electron chi connectivity index (χ2n) is 7.61. The highest BCUT2D eigenvalue weighted by Gasteiger charge is 2.23. The number of carbonyl (C=O) groups excluding carboxylic acids is 1. The van der Waals surface area contributed by atoms with Gasteiger partial charge in [0.25, 0.3) is 5.91 Å². The van der Waals surface area contributed by atoms with Crippen LogP contribution in [0.5, 0.6) is 0 Å². The Morgan fingerprint density at radius 3 is 2.44 bits per heavy atom. The van der Waals surface area contributed by atoms with E-state index in [1.54, 1.807) is 0 Å². The first kappa shape index (κ1) is 18.4. The minimum absolute atomic E-state index is 0.0972. The maximum Gasteiger partial charge on any atom is 0.251 e. The third kappa shape index (κ3) is 5.53. The van der Waals surface area contributed by atoms with Crippen LogP contribution in [-0.4, -0.2) is 49.8 Å². The fourth-order valence-electron chi connectivity index (χ4n) is 3.88. The highest BCUT2D eigenvalue weighted by molar-refractivity contribution is 5.80. The van der Waals surface area contributed by atoms with Crippen LogP contribution in [0.25, 0.3) is 0 Å². The first-order chi connectivity index (χ1) is 12.1. The lowest BCUT2D eigenvalue weighted by atomic mass is 9.91. The Balaban J connectivity index is 1.46. The number of rotatable bonds is 5. The van der Waals surface area contributed by atoms with Crippen LogP contribution >= 0.6 is 0 Å². The largest absolute Gasteiger partial charge is 0.376 e. The molecular weight excluding hydrogens is 316 g/mol. The van der Waals surface area contributed by atoms with Gasteiger partial charge in [0.05, 0.1) is 19.8 Å². The van der Waals surface area contributed by atoms with Crippen molar-refractivity contribution in [3.05, 3.63) is 35.4 Å². The van der Waals surface area contributed by atoms with Crippen molar-refractivity contribution < 1.29 is 14.3 Å². The Morgan fingerprint density at radius 2 is 1.80 bits per heavy atom. The second kappa shape index (κ2) is 8.79. The summed E-state index contributed by atoms with van der Waals surface area (Å²) in [5.74, 6) is 1.47. The molecule has 0 saturated carbocycles. The van der Waals surface area contributed by atoms with E-state index in [-0.39, 0.29) is 5.91 Å². The molecule has 2 aliphatic rings. The molecule has 0 aliphatic carbocycles. The molecule has 2 heterocycles. The first-order valence-corrected chi connectivity index (χ1v) is 9.37. The van der Waals surface area contributed by atoms with E-state index >= 15 is 0 Å². The molecule has 5 nitrogen and oxygen atoms in total. The lowest BCUT2D eigenvalue weighted by molar-refractivity contribution is -0.147. The van der Waals surface area contributed by atoms with E-state index in [9.17, 15) is 4.79 Å². The molecule has 3 rings (SSSR count). The van der Waals surface area contributed by atoms with E-state index in [1.807, 2.05) is 0 Å². The van der Waals surface area contributed by atoms with Gasteiger partial charge in [-0.15, -0.1) is 0 Å². The van der Waals surface area contributed by atoms with Crippen molar-refractivity contribution in [2.75, 3.05) is 32.9 Å². The van der Waals surface area contributed by atoms with Gasteiger partial charge >= 0.3 is 0 Å². The summed E-state index contributed by atoms with van der Waals surface area (Å²) in [5, 5.41) is 2.93. The Bertz CT molecular complexity index is 545. The lowest BCUT2D eigenvalue weighted by Gasteiger charge is -2.35. The van der Waals surface area contributed by atoms with Gasteiger partial charge < -0.3 is 14.8 Å². The van der Waals surface area contributed by atoms with Gasteiger partial charge in [-0.3, -0.25) is 9.69 Å². The van der Waals surface area contributed by atoms with Crippen molar-refractivity contribution in [3.63, 3.8) is 0 Å². The summed E-state index contributed by atoms with van der Waals surface area (Å²) >= 11 is 0. The van der Waals surface area contributed by atoms with Crippen molar-refractivity contribution in [1.82, 2.24) is 10.2 Å². The summed E-state index contributed by atoms with van der Waals surface area (Å²) in [6.07, 6.45) is 0.862. The van der Waals surface area contributed by atoms with Crippen molar-refractivity contribution in [3.8, 4) is 0 Å². The van der Waals surface area contributed by atoms with Gasteiger partial charge in [0.1, 0.15) is 0 Å². The average molecular weight is 346 g/mol. The zero-order valence-corrected chi connectivity index (χ0v) is 15.4. The highest BCUT2D eigenvalue weighted by atomic mass is 16.6. The molecule has 0 unspecified atom stereocenters. The number of ether oxygens (including phenoxy) is 2. The smallest absolute Gasteiger partial charge is 0.251 e. The predicted molar refractivity (Wildman–Crippen MR) is 97.1 cm³/mol. The van der Waals surface area contributed by atoms with Gasteiger partial charge in [-0.1, -0.05) is 38.1 Å². The predicted octanol–water partition coefficient (Wildman–Crippen LogP) is 2.20. The van der Waals surface area contributed by atoms with Gasteiger partial charge in [0.2, 0.25) is 0 Å². The Labute approximate surface area is 150 Å². The number of carbonyl (C=O) groups is 1. The molecule has 2 aliphatic heterocycles. The zero-order valence-electron chi connectivity index (χ0n) is 15.4. The minimum Gasteiger partial charge on any atom is -0.376 e. The van der Waals surface area contributed by atoms with Crippen LogP contribution in [0.3, 0.4) is 0 Å². The van der Waals surface area contributed by atoms with E-state index in [1.165, 1.54) is 25.1 Å². The van der Waals surface area contributed by atoms with Gasteiger partial charge in [0.15, 0.2) is 6.10 Å². The third-order valence-electron chi connectivity index (χ3n) is 4.95. The number of benzene rings is 1. The average Bonchev–Trinajstić information content (AvgIpc) is 2.61. The molecule has 1 aromatic rings. The minimum atomic E-state index is -0.476. The molecule has 3 atom stereocenters.